The van der Waals surface area contributed by atoms with Crippen molar-refractivity contribution in [2.24, 2.45) is 0 Å². The summed E-state index contributed by atoms with van der Waals surface area (Å²) in [4.78, 5) is 14.8. The lowest BCUT2D eigenvalue weighted by Gasteiger charge is -2.33. The third-order valence-electron chi connectivity index (χ3n) is 5.25. The second-order valence-electron chi connectivity index (χ2n) is 6.82. The highest BCUT2D eigenvalue weighted by atomic mass is 16.5. The van der Waals surface area contributed by atoms with Crippen LogP contribution in [0.1, 0.15) is 29.0 Å². The minimum absolute atomic E-state index is 0.0222. The van der Waals surface area contributed by atoms with Crippen LogP contribution in [0.3, 0.4) is 0 Å². The molecule has 0 bridgehead atoms. The van der Waals surface area contributed by atoms with Gasteiger partial charge in [-0.2, -0.15) is 0 Å². The molecule has 1 N–H and O–H groups in total. The largest absolute Gasteiger partial charge is 0.497 e. The van der Waals surface area contributed by atoms with E-state index in [9.17, 15) is 0 Å². The fraction of sp³-hybridized carbons (Fsp3) is 0.238. The first-order valence-corrected chi connectivity index (χ1v) is 9.30. The van der Waals surface area contributed by atoms with Crippen LogP contribution >= 0.6 is 0 Å². The molecule has 0 fully saturated rings. The predicted octanol–water partition coefficient (Wildman–Crippen LogP) is 3.34. The summed E-state index contributed by atoms with van der Waals surface area (Å²) < 4.78 is 13.1. The van der Waals surface area contributed by atoms with E-state index in [1.165, 1.54) is 5.69 Å². The molecule has 1 atom stereocenters. The first kappa shape index (κ1) is 16.8. The molecule has 0 amide bonds. The Hall–Kier alpha value is -3.32. The number of imidazole rings is 2. The molecule has 0 spiro atoms. The van der Waals surface area contributed by atoms with Gasteiger partial charge < -0.3 is 18.7 Å². The summed E-state index contributed by atoms with van der Waals surface area (Å²) >= 11 is 0. The average Bonchev–Trinajstić information content (AvgIpc) is 3.49. The molecule has 0 aliphatic carbocycles. The number of rotatable bonds is 5. The number of benzene rings is 1. The Balaban J connectivity index is 1.47. The molecule has 142 valence electrons. The molecule has 7 heteroatoms. The van der Waals surface area contributed by atoms with Gasteiger partial charge in [0.15, 0.2) is 0 Å². The first-order valence-electron chi connectivity index (χ1n) is 9.30. The van der Waals surface area contributed by atoms with Crippen molar-refractivity contribution in [1.82, 2.24) is 24.4 Å². The normalized spacial score (nSPS) is 16.8. The molecular weight excluding hydrogens is 354 g/mol. The van der Waals surface area contributed by atoms with Gasteiger partial charge in [-0.25, -0.2) is 9.97 Å². The van der Waals surface area contributed by atoms with E-state index >= 15 is 0 Å². The molecule has 0 unspecified atom stereocenters. The summed E-state index contributed by atoms with van der Waals surface area (Å²) in [6.45, 7) is 1.59. The minimum atomic E-state index is -0.0222. The van der Waals surface area contributed by atoms with Gasteiger partial charge in [-0.05, 0) is 36.4 Å². The highest BCUT2D eigenvalue weighted by Gasteiger charge is 2.33. The molecular formula is C21H21N5O2. The predicted molar refractivity (Wildman–Crippen MR) is 103 cm³/mol. The van der Waals surface area contributed by atoms with Crippen LogP contribution in [0.25, 0.3) is 5.69 Å². The maximum absolute atomic E-state index is 5.75. The average molecular weight is 375 g/mol. The van der Waals surface area contributed by atoms with Crippen molar-refractivity contribution < 1.29 is 9.15 Å². The highest BCUT2D eigenvalue weighted by molar-refractivity contribution is 5.38. The summed E-state index contributed by atoms with van der Waals surface area (Å²) in [5.74, 6) is 2.71. The van der Waals surface area contributed by atoms with Crippen LogP contribution in [0.5, 0.6) is 5.75 Å². The van der Waals surface area contributed by atoms with E-state index in [0.717, 1.165) is 41.7 Å². The van der Waals surface area contributed by atoms with Gasteiger partial charge >= 0.3 is 0 Å². The summed E-state index contributed by atoms with van der Waals surface area (Å²) in [5, 5.41) is 0. The van der Waals surface area contributed by atoms with Crippen LogP contribution in [0.4, 0.5) is 0 Å². The number of aromatic nitrogens is 4. The van der Waals surface area contributed by atoms with Crippen LogP contribution in [-0.2, 0) is 13.0 Å². The van der Waals surface area contributed by atoms with Gasteiger partial charge in [0.2, 0.25) is 0 Å². The van der Waals surface area contributed by atoms with E-state index in [0.29, 0.717) is 6.54 Å². The maximum Gasteiger partial charge on any atom is 0.127 e. The Labute approximate surface area is 162 Å². The van der Waals surface area contributed by atoms with E-state index in [-0.39, 0.29) is 6.04 Å². The van der Waals surface area contributed by atoms with Crippen molar-refractivity contribution in [3.63, 3.8) is 0 Å². The van der Waals surface area contributed by atoms with E-state index in [1.807, 2.05) is 48.8 Å². The number of H-pyrrole nitrogens is 1. The number of hydrogen-bond donors (Lipinski definition) is 1. The number of hydrogen-bond acceptors (Lipinski definition) is 5. The number of nitrogens with one attached hydrogen (secondary N) is 1. The molecule has 4 heterocycles. The summed E-state index contributed by atoms with van der Waals surface area (Å²) in [7, 11) is 1.67. The number of nitrogens with zero attached hydrogens (tertiary/aromatic N) is 4. The molecule has 4 aromatic rings. The number of furan rings is 1. The first-order chi connectivity index (χ1) is 13.8. The quantitative estimate of drug-likeness (QED) is 0.579. The summed E-state index contributed by atoms with van der Waals surface area (Å²) in [6, 6.07) is 11.9. The SMILES string of the molecule is COc1ccc(-n2ccnc2CN2CCc3[nH]cnc3[C@H]2c2ccco2)cc1. The Kier molecular flexibility index (Phi) is 4.21. The van der Waals surface area contributed by atoms with Crippen LogP contribution < -0.4 is 4.74 Å². The number of methoxy groups -OCH3 is 1. The lowest BCUT2D eigenvalue weighted by atomic mass is 10.0. The highest BCUT2D eigenvalue weighted by Crippen LogP contribution is 2.34. The lowest BCUT2D eigenvalue weighted by Crippen LogP contribution is -2.36. The van der Waals surface area contributed by atoms with Crippen LogP contribution in [0, 0.1) is 0 Å². The molecule has 0 saturated carbocycles. The molecule has 0 saturated heterocycles. The molecule has 7 nitrogen and oxygen atoms in total. The molecule has 0 radical (unpaired) electrons. The van der Waals surface area contributed by atoms with Gasteiger partial charge in [-0.15, -0.1) is 0 Å². The van der Waals surface area contributed by atoms with Crippen molar-refractivity contribution in [2.45, 2.75) is 19.0 Å². The zero-order valence-corrected chi connectivity index (χ0v) is 15.6. The third kappa shape index (κ3) is 2.90. The van der Waals surface area contributed by atoms with Crippen molar-refractivity contribution in [3.05, 3.63) is 84.4 Å². The second kappa shape index (κ2) is 7.01. The van der Waals surface area contributed by atoms with Crippen molar-refractivity contribution in [3.8, 4) is 11.4 Å². The molecule has 1 aromatic carbocycles. The number of fused-ring (bicyclic) bond motifs is 1. The molecule has 1 aliphatic rings. The van der Waals surface area contributed by atoms with Crippen LogP contribution in [0.2, 0.25) is 0 Å². The van der Waals surface area contributed by atoms with Crippen LogP contribution in [0.15, 0.2) is 65.8 Å². The summed E-state index contributed by atoms with van der Waals surface area (Å²) in [5.41, 5.74) is 3.26. The van der Waals surface area contributed by atoms with Gasteiger partial charge in [0, 0.05) is 36.7 Å². The van der Waals surface area contributed by atoms with Gasteiger partial charge in [-0.3, -0.25) is 4.90 Å². The van der Waals surface area contributed by atoms with Crippen molar-refractivity contribution in [2.75, 3.05) is 13.7 Å². The van der Waals surface area contributed by atoms with Gasteiger partial charge in [0.25, 0.3) is 0 Å². The van der Waals surface area contributed by atoms with E-state index < -0.39 is 0 Å². The monoisotopic (exact) mass is 375 g/mol. The smallest absolute Gasteiger partial charge is 0.127 e. The maximum atomic E-state index is 5.75. The summed E-state index contributed by atoms with van der Waals surface area (Å²) in [6.07, 6.45) is 8.24. The minimum Gasteiger partial charge on any atom is -0.497 e. The van der Waals surface area contributed by atoms with Crippen molar-refractivity contribution in [1.29, 1.82) is 0 Å². The third-order valence-corrected chi connectivity index (χ3v) is 5.25. The van der Waals surface area contributed by atoms with Gasteiger partial charge in [0.1, 0.15) is 23.4 Å². The fourth-order valence-electron chi connectivity index (χ4n) is 3.87. The Bertz CT molecular complexity index is 1050. The topological polar surface area (TPSA) is 72.1 Å². The van der Waals surface area contributed by atoms with Crippen molar-refractivity contribution >= 4 is 0 Å². The van der Waals surface area contributed by atoms with Gasteiger partial charge in [0.05, 0.1) is 31.9 Å². The van der Waals surface area contributed by atoms with E-state index in [2.05, 4.69) is 24.4 Å². The zero-order valence-electron chi connectivity index (χ0n) is 15.6. The molecule has 1 aliphatic heterocycles. The Morgan fingerprint density at radius 1 is 1.21 bits per heavy atom. The molecule has 3 aromatic heterocycles. The zero-order chi connectivity index (χ0) is 18.9. The standard InChI is InChI=1S/C21H21N5O2/c1-27-16-6-4-15(5-7-16)26-11-9-22-19(26)13-25-10-8-17-20(24-14-23-17)21(25)18-3-2-12-28-18/h2-7,9,11-12,14,21H,8,10,13H2,1H3,(H,23,24)/t21-/m1/s1. The Morgan fingerprint density at radius 2 is 2.11 bits per heavy atom. The number of aromatic amines is 1. The second-order valence-corrected chi connectivity index (χ2v) is 6.82. The van der Waals surface area contributed by atoms with E-state index in [1.54, 1.807) is 19.7 Å². The van der Waals surface area contributed by atoms with Crippen LogP contribution in [-0.4, -0.2) is 38.1 Å². The van der Waals surface area contributed by atoms with Gasteiger partial charge in [-0.1, -0.05) is 0 Å². The molecule has 5 rings (SSSR count). The lowest BCUT2D eigenvalue weighted by molar-refractivity contribution is 0.174. The fourth-order valence-corrected chi connectivity index (χ4v) is 3.87. The molecule has 28 heavy (non-hydrogen) atoms. The Morgan fingerprint density at radius 3 is 2.89 bits per heavy atom. The number of ether oxygens (including phenoxy) is 1. The van der Waals surface area contributed by atoms with E-state index in [4.69, 9.17) is 9.15 Å².